The predicted molar refractivity (Wildman–Crippen MR) is 162 cm³/mol. The number of amides is 1. The molecule has 0 fully saturated rings. The van der Waals surface area contributed by atoms with Crippen LogP contribution < -0.4 is 14.9 Å². The molecule has 5 aromatic rings. The highest BCUT2D eigenvalue weighted by molar-refractivity contribution is 14.1. The lowest BCUT2D eigenvalue weighted by Gasteiger charge is -2.15. The Balaban J connectivity index is 1.30. The molecule has 39 heavy (non-hydrogen) atoms. The van der Waals surface area contributed by atoms with Gasteiger partial charge in [0.05, 0.1) is 26.2 Å². The van der Waals surface area contributed by atoms with E-state index >= 15 is 0 Å². The molecule has 0 atom stereocenters. The maximum atomic E-state index is 12.6. The minimum Gasteiger partial charge on any atom is -0.490 e. The number of fused-ring (bicyclic) bond motifs is 2. The maximum absolute atomic E-state index is 12.6. The number of thiophene rings is 1. The van der Waals surface area contributed by atoms with Crippen molar-refractivity contribution in [3.05, 3.63) is 109 Å². The smallest absolute Gasteiger partial charge is 0.281 e. The van der Waals surface area contributed by atoms with Gasteiger partial charge in [0.25, 0.3) is 11.6 Å². The lowest BCUT2D eigenvalue weighted by atomic mass is 10.1. The monoisotopic (exact) mass is 651 g/mol. The standard InChI is InChI=1S/C29H22IN3O5S/c1-2-37-25-13-18(12-24(30)28(25)38-17-20-8-5-7-19-6-3-4-9-23(19)20)16-31-32-29(34)27-15-21-14-22(33(35)36)10-11-26(21)39-27/h3-16H,2,17H2,1H3,(H,32,34)/b31-16-. The third-order valence-electron chi connectivity index (χ3n) is 5.90. The Morgan fingerprint density at radius 3 is 2.69 bits per heavy atom. The van der Waals surface area contributed by atoms with Crippen molar-refractivity contribution < 1.29 is 19.2 Å². The van der Waals surface area contributed by atoms with Crippen LogP contribution in [0.25, 0.3) is 20.9 Å². The molecule has 4 aromatic carbocycles. The predicted octanol–water partition coefficient (Wildman–Crippen LogP) is 7.31. The number of halogens is 1. The summed E-state index contributed by atoms with van der Waals surface area (Å²) in [7, 11) is 0. The SMILES string of the molecule is CCOc1cc(/C=N\NC(=O)c2cc3cc([N+](=O)[O-])ccc3s2)cc(I)c1OCc1cccc2ccccc12. The van der Waals surface area contributed by atoms with Crippen molar-refractivity contribution in [2.24, 2.45) is 5.10 Å². The molecular formula is C29H22IN3O5S. The molecule has 10 heteroatoms. The molecule has 1 N–H and O–H groups in total. The number of benzene rings is 4. The first-order valence-corrected chi connectivity index (χ1v) is 13.9. The molecule has 0 saturated heterocycles. The number of nitro groups is 1. The second-order valence-corrected chi connectivity index (χ2v) is 10.7. The number of hydrogen-bond donors (Lipinski definition) is 1. The summed E-state index contributed by atoms with van der Waals surface area (Å²) in [6.45, 7) is 2.75. The molecule has 196 valence electrons. The number of hydrogen-bond acceptors (Lipinski definition) is 7. The Morgan fingerprint density at radius 2 is 1.87 bits per heavy atom. The molecule has 1 heterocycles. The van der Waals surface area contributed by atoms with Gasteiger partial charge in [-0.15, -0.1) is 11.3 Å². The topological polar surface area (TPSA) is 103 Å². The van der Waals surface area contributed by atoms with Crippen LogP contribution in [0.4, 0.5) is 5.69 Å². The molecule has 0 saturated carbocycles. The first-order valence-electron chi connectivity index (χ1n) is 12.0. The zero-order valence-electron chi connectivity index (χ0n) is 20.7. The summed E-state index contributed by atoms with van der Waals surface area (Å²) in [6, 6.07) is 24.2. The zero-order valence-corrected chi connectivity index (χ0v) is 23.7. The van der Waals surface area contributed by atoms with Gasteiger partial charge in [0.2, 0.25) is 0 Å². The summed E-state index contributed by atoms with van der Waals surface area (Å²) in [6.07, 6.45) is 1.54. The first kappa shape index (κ1) is 26.6. The summed E-state index contributed by atoms with van der Waals surface area (Å²) in [5.41, 5.74) is 4.32. The summed E-state index contributed by atoms with van der Waals surface area (Å²) in [5, 5.41) is 18.1. The van der Waals surface area contributed by atoms with Crippen LogP contribution in [0.15, 0.2) is 84.0 Å². The molecule has 0 bridgehead atoms. The van der Waals surface area contributed by atoms with Gasteiger partial charge in [0, 0.05) is 22.2 Å². The number of non-ortho nitro benzene ring substituents is 1. The summed E-state index contributed by atoms with van der Waals surface area (Å²) >= 11 is 3.44. The van der Waals surface area contributed by atoms with Crippen LogP contribution >= 0.6 is 33.9 Å². The van der Waals surface area contributed by atoms with Crippen LogP contribution in [0.1, 0.15) is 27.7 Å². The molecule has 1 amide bonds. The number of rotatable bonds is 9. The average Bonchev–Trinajstić information content (AvgIpc) is 3.36. The lowest BCUT2D eigenvalue weighted by Crippen LogP contribution is -2.16. The molecule has 0 aliphatic rings. The van der Waals surface area contributed by atoms with Crippen molar-refractivity contribution in [1.29, 1.82) is 0 Å². The second-order valence-electron chi connectivity index (χ2n) is 8.48. The molecule has 1 aromatic heterocycles. The van der Waals surface area contributed by atoms with E-state index in [1.807, 2.05) is 37.3 Å². The molecule has 0 radical (unpaired) electrons. The number of hydrazone groups is 1. The Hall–Kier alpha value is -4.03. The van der Waals surface area contributed by atoms with Crippen LogP contribution in [0.3, 0.4) is 0 Å². The number of nitrogens with zero attached hydrogens (tertiary/aromatic N) is 2. The summed E-state index contributed by atoms with van der Waals surface area (Å²) < 4.78 is 13.7. The van der Waals surface area contributed by atoms with E-state index in [9.17, 15) is 14.9 Å². The number of nitro benzene ring substituents is 1. The van der Waals surface area contributed by atoms with E-state index in [-0.39, 0.29) is 5.69 Å². The largest absolute Gasteiger partial charge is 0.490 e. The fourth-order valence-electron chi connectivity index (χ4n) is 4.11. The highest BCUT2D eigenvalue weighted by atomic mass is 127. The number of carbonyl (C=O) groups is 1. The van der Waals surface area contributed by atoms with Crippen molar-refractivity contribution in [3.8, 4) is 11.5 Å². The van der Waals surface area contributed by atoms with E-state index in [0.717, 1.165) is 30.2 Å². The quantitative estimate of drug-likeness (QED) is 0.0780. The zero-order chi connectivity index (χ0) is 27.4. The Kier molecular flexibility index (Phi) is 8.03. The van der Waals surface area contributed by atoms with Crippen molar-refractivity contribution in [1.82, 2.24) is 5.43 Å². The van der Waals surface area contributed by atoms with Crippen LogP contribution in [0, 0.1) is 13.7 Å². The van der Waals surface area contributed by atoms with Crippen LogP contribution in [0.2, 0.25) is 0 Å². The molecule has 0 aliphatic carbocycles. The third-order valence-corrected chi connectivity index (χ3v) is 7.81. The molecule has 0 aliphatic heterocycles. The molecular weight excluding hydrogens is 629 g/mol. The Bertz CT molecular complexity index is 1730. The Morgan fingerprint density at radius 1 is 1.05 bits per heavy atom. The minimum atomic E-state index is -0.459. The van der Waals surface area contributed by atoms with E-state index in [1.54, 1.807) is 12.1 Å². The van der Waals surface area contributed by atoms with Crippen molar-refractivity contribution >= 4 is 72.6 Å². The van der Waals surface area contributed by atoms with E-state index in [0.29, 0.717) is 35.0 Å². The van der Waals surface area contributed by atoms with Crippen molar-refractivity contribution in [2.75, 3.05) is 6.61 Å². The van der Waals surface area contributed by atoms with Gasteiger partial charge in [-0.2, -0.15) is 5.10 Å². The van der Waals surface area contributed by atoms with Gasteiger partial charge < -0.3 is 9.47 Å². The van der Waals surface area contributed by atoms with Crippen molar-refractivity contribution in [3.63, 3.8) is 0 Å². The van der Waals surface area contributed by atoms with Gasteiger partial charge in [-0.05, 0) is 75.7 Å². The molecule has 0 unspecified atom stereocenters. The van der Waals surface area contributed by atoms with E-state index in [1.165, 1.54) is 29.7 Å². The van der Waals surface area contributed by atoms with Gasteiger partial charge in [-0.1, -0.05) is 42.5 Å². The molecule has 5 rings (SSSR count). The molecule has 8 nitrogen and oxygen atoms in total. The van der Waals surface area contributed by atoms with Crippen LogP contribution in [-0.4, -0.2) is 23.7 Å². The highest BCUT2D eigenvalue weighted by Gasteiger charge is 2.15. The molecule has 0 spiro atoms. The summed E-state index contributed by atoms with van der Waals surface area (Å²) in [4.78, 5) is 23.6. The second kappa shape index (κ2) is 11.8. The fourth-order valence-corrected chi connectivity index (χ4v) is 5.82. The maximum Gasteiger partial charge on any atom is 0.281 e. The lowest BCUT2D eigenvalue weighted by molar-refractivity contribution is -0.384. The highest BCUT2D eigenvalue weighted by Crippen LogP contribution is 2.35. The van der Waals surface area contributed by atoms with E-state index in [2.05, 4.69) is 57.4 Å². The number of ether oxygens (including phenoxy) is 2. The normalized spacial score (nSPS) is 11.2. The van der Waals surface area contributed by atoms with Gasteiger partial charge >= 0.3 is 0 Å². The average molecular weight is 651 g/mol. The van der Waals surface area contributed by atoms with Crippen molar-refractivity contribution in [2.45, 2.75) is 13.5 Å². The number of carbonyl (C=O) groups excluding carboxylic acids is 1. The van der Waals surface area contributed by atoms with E-state index < -0.39 is 10.8 Å². The number of nitrogens with one attached hydrogen (secondary N) is 1. The van der Waals surface area contributed by atoms with Crippen LogP contribution in [0.5, 0.6) is 11.5 Å². The van der Waals surface area contributed by atoms with Gasteiger partial charge in [0.15, 0.2) is 11.5 Å². The third kappa shape index (κ3) is 6.02. The van der Waals surface area contributed by atoms with Gasteiger partial charge in [-0.25, -0.2) is 5.43 Å². The summed E-state index contributed by atoms with van der Waals surface area (Å²) in [5.74, 6) is 0.833. The Labute approximate surface area is 241 Å². The minimum absolute atomic E-state index is 0.0190. The van der Waals surface area contributed by atoms with Crippen LogP contribution in [-0.2, 0) is 6.61 Å². The van der Waals surface area contributed by atoms with Gasteiger partial charge in [-0.3, -0.25) is 14.9 Å². The van der Waals surface area contributed by atoms with Gasteiger partial charge in [0.1, 0.15) is 6.61 Å². The first-order chi connectivity index (χ1) is 18.9. The fraction of sp³-hybridized carbons (Fsp3) is 0.103. The van der Waals surface area contributed by atoms with E-state index in [4.69, 9.17) is 9.47 Å².